The molecule has 0 N–H and O–H groups in total. The van der Waals surface area contributed by atoms with E-state index in [1.807, 2.05) is 0 Å². The van der Waals surface area contributed by atoms with Gasteiger partial charge in [-0.15, -0.1) is 0 Å². The Balaban J connectivity index is 2.39. The zero-order chi connectivity index (χ0) is 14.8. The first-order chi connectivity index (χ1) is 9.52. The molecular formula is C14H20ClIN2O2. The highest BCUT2D eigenvalue weighted by Crippen LogP contribution is 2.41. The maximum atomic E-state index is 6.25. The number of ether oxygens (including phenoxy) is 2. The molecule has 0 bridgehead atoms. The maximum Gasteiger partial charge on any atom is 0.162 e. The summed E-state index contributed by atoms with van der Waals surface area (Å²) in [6, 6.07) is 0. The summed E-state index contributed by atoms with van der Waals surface area (Å²) in [5, 5.41) is 0.484. The molecule has 0 aliphatic heterocycles. The van der Waals surface area contributed by atoms with Crippen LogP contribution in [0.5, 0.6) is 0 Å². The van der Waals surface area contributed by atoms with Crippen LogP contribution in [0.3, 0.4) is 0 Å². The Morgan fingerprint density at radius 3 is 2.50 bits per heavy atom. The molecule has 1 aliphatic rings. The van der Waals surface area contributed by atoms with Crippen molar-refractivity contribution in [1.82, 2.24) is 9.97 Å². The Kier molecular flexibility index (Phi) is 5.62. The van der Waals surface area contributed by atoms with Crippen molar-refractivity contribution in [3.63, 3.8) is 0 Å². The molecule has 0 atom stereocenters. The van der Waals surface area contributed by atoms with Gasteiger partial charge in [-0.3, -0.25) is 0 Å². The van der Waals surface area contributed by atoms with E-state index in [1.54, 1.807) is 14.2 Å². The van der Waals surface area contributed by atoms with E-state index in [9.17, 15) is 0 Å². The molecule has 0 amide bonds. The molecule has 0 unspecified atom stereocenters. The highest BCUT2D eigenvalue weighted by atomic mass is 127. The Bertz CT molecular complexity index is 476. The van der Waals surface area contributed by atoms with E-state index >= 15 is 0 Å². The minimum atomic E-state index is -0.400. The molecule has 112 valence electrons. The fourth-order valence-corrected chi connectivity index (χ4v) is 3.23. The fraction of sp³-hybridized carbons (Fsp3) is 0.714. The molecule has 0 radical (unpaired) electrons. The number of hydrogen-bond acceptors (Lipinski definition) is 4. The van der Waals surface area contributed by atoms with Crippen molar-refractivity contribution >= 4 is 34.2 Å². The number of nitrogens with zero attached hydrogens (tertiary/aromatic N) is 2. The van der Waals surface area contributed by atoms with E-state index in [-0.39, 0.29) is 0 Å². The number of halogens is 2. The van der Waals surface area contributed by atoms with Gasteiger partial charge in [0.15, 0.2) is 5.82 Å². The fourth-order valence-electron chi connectivity index (χ4n) is 2.65. The summed E-state index contributed by atoms with van der Waals surface area (Å²) in [7, 11) is 3.39. The molecule has 1 heterocycles. The molecular weight excluding hydrogens is 391 g/mol. The second-order valence-electron chi connectivity index (χ2n) is 5.41. The number of rotatable bonds is 4. The van der Waals surface area contributed by atoms with Crippen LogP contribution in [-0.4, -0.2) is 24.2 Å². The second kappa shape index (κ2) is 6.85. The van der Waals surface area contributed by atoms with Gasteiger partial charge in [-0.05, 0) is 54.2 Å². The topological polar surface area (TPSA) is 44.2 Å². The highest BCUT2D eigenvalue weighted by molar-refractivity contribution is 14.1. The van der Waals surface area contributed by atoms with Crippen molar-refractivity contribution in [3.8, 4) is 0 Å². The van der Waals surface area contributed by atoms with Crippen molar-refractivity contribution in [2.45, 2.75) is 44.8 Å². The maximum absolute atomic E-state index is 6.25. The molecule has 0 aromatic carbocycles. The van der Waals surface area contributed by atoms with Gasteiger partial charge in [0.25, 0.3) is 0 Å². The second-order valence-corrected chi connectivity index (χ2v) is 6.85. The summed E-state index contributed by atoms with van der Waals surface area (Å²) >= 11 is 8.41. The summed E-state index contributed by atoms with van der Waals surface area (Å²) in [5.41, 5.74) is 0.432. The van der Waals surface area contributed by atoms with Gasteiger partial charge >= 0.3 is 0 Å². The van der Waals surface area contributed by atoms with E-state index in [1.165, 1.54) is 0 Å². The molecule has 20 heavy (non-hydrogen) atoms. The van der Waals surface area contributed by atoms with Gasteiger partial charge in [-0.2, -0.15) is 0 Å². The van der Waals surface area contributed by atoms with Crippen LogP contribution in [0.4, 0.5) is 0 Å². The van der Waals surface area contributed by atoms with Crippen LogP contribution in [0.2, 0.25) is 5.15 Å². The first-order valence-electron chi connectivity index (χ1n) is 6.79. The molecule has 4 nitrogen and oxygen atoms in total. The van der Waals surface area contributed by atoms with Gasteiger partial charge in [0.2, 0.25) is 0 Å². The van der Waals surface area contributed by atoms with Crippen molar-refractivity contribution in [1.29, 1.82) is 0 Å². The number of aromatic nitrogens is 2. The van der Waals surface area contributed by atoms with Crippen LogP contribution in [0.1, 0.15) is 44.1 Å². The van der Waals surface area contributed by atoms with Gasteiger partial charge < -0.3 is 9.47 Å². The number of methoxy groups -OCH3 is 2. The first kappa shape index (κ1) is 16.4. The third-order valence-electron chi connectivity index (χ3n) is 4.04. The normalized spacial score (nSPS) is 26.8. The lowest BCUT2D eigenvalue weighted by molar-refractivity contribution is -0.0600. The van der Waals surface area contributed by atoms with Crippen LogP contribution in [0.15, 0.2) is 0 Å². The molecule has 1 aromatic heterocycles. The standard InChI is InChI=1S/C14H20ClIN2O2/c1-9-4-6-14(20-3,7-5-9)13-17-10(8-19-2)11(16)12(15)18-13/h9H,4-8H2,1-3H3. The molecule has 0 spiro atoms. The Labute approximate surface area is 138 Å². The summed E-state index contributed by atoms with van der Waals surface area (Å²) in [4.78, 5) is 9.14. The molecule has 0 saturated heterocycles. The van der Waals surface area contributed by atoms with E-state index in [0.717, 1.165) is 40.9 Å². The Hall–Kier alpha value is 0.0200. The lowest BCUT2D eigenvalue weighted by Gasteiger charge is -2.37. The van der Waals surface area contributed by atoms with Gasteiger partial charge in [0.05, 0.1) is 15.9 Å². The van der Waals surface area contributed by atoms with Gasteiger partial charge in [-0.25, -0.2) is 9.97 Å². The molecule has 1 aliphatic carbocycles. The highest BCUT2D eigenvalue weighted by Gasteiger charge is 2.39. The van der Waals surface area contributed by atoms with Gasteiger partial charge in [0.1, 0.15) is 10.8 Å². The predicted octanol–water partition coefficient (Wildman–Crippen LogP) is 3.93. The lowest BCUT2D eigenvalue weighted by atomic mass is 9.79. The average molecular weight is 411 g/mol. The predicted molar refractivity (Wildman–Crippen MR) is 86.8 cm³/mol. The van der Waals surface area contributed by atoms with Crippen molar-refractivity contribution in [2.75, 3.05) is 14.2 Å². The summed E-state index contributed by atoms with van der Waals surface area (Å²) < 4.78 is 11.9. The third kappa shape index (κ3) is 3.26. The number of hydrogen-bond donors (Lipinski definition) is 0. The van der Waals surface area contributed by atoms with E-state index in [2.05, 4.69) is 39.5 Å². The van der Waals surface area contributed by atoms with Crippen LogP contribution in [-0.2, 0) is 21.7 Å². The van der Waals surface area contributed by atoms with Crippen molar-refractivity contribution < 1.29 is 9.47 Å². The summed E-state index contributed by atoms with van der Waals surface area (Å²) in [6.07, 6.45) is 4.13. The zero-order valence-corrected chi connectivity index (χ0v) is 15.0. The zero-order valence-electron chi connectivity index (χ0n) is 12.1. The van der Waals surface area contributed by atoms with E-state index in [4.69, 9.17) is 21.1 Å². The van der Waals surface area contributed by atoms with Crippen molar-refractivity contribution in [3.05, 3.63) is 20.2 Å². The third-order valence-corrected chi connectivity index (χ3v) is 5.77. The molecule has 6 heteroatoms. The molecule has 2 rings (SSSR count). The quantitative estimate of drug-likeness (QED) is 0.557. The van der Waals surface area contributed by atoms with Crippen LogP contribution in [0, 0.1) is 9.49 Å². The van der Waals surface area contributed by atoms with Gasteiger partial charge in [0, 0.05) is 14.2 Å². The summed E-state index contributed by atoms with van der Waals surface area (Å²) in [6.45, 7) is 2.71. The van der Waals surface area contributed by atoms with E-state index < -0.39 is 5.60 Å². The molecule has 1 saturated carbocycles. The Morgan fingerprint density at radius 1 is 1.30 bits per heavy atom. The van der Waals surface area contributed by atoms with E-state index in [0.29, 0.717) is 17.6 Å². The van der Waals surface area contributed by atoms with Crippen LogP contribution in [0.25, 0.3) is 0 Å². The monoisotopic (exact) mass is 410 g/mol. The molecule has 1 fully saturated rings. The van der Waals surface area contributed by atoms with Gasteiger partial charge in [-0.1, -0.05) is 18.5 Å². The smallest absolute Gasteiger partial charge is 0.162 e. The minimum Gasteiger partial charge on any atom is -0.378 e. The SMILES string of the molecule is COCc1nc(C2(OC)CCC(C)CC2)nc(Cl)c1I. The first-order valence-corrected chi connectivity index (χ1v) is 8.24. The largest absolute Gasteiger partial charge is 0.378 e. The van der Waals surface area contributed by atoms with Crippen LogP contribution < -0.4 is 0 Å². The summed E-state index contributed by atoms with van der Waals surface area (Å²) in [5.74, 6) is 1.43. The lowest BCUT2D eigenvalue weighted by Crippen LogP contribution is -2.35. The minimum absolute atomic E-state index is 0.400. The van der Waals surface area contributed by atoms with Crippen LogP contribution >= 0.6 is 34.2 Å². The molecule has 1 aromatic rings. The van der Waals surface area contributed by atoms with Crippen molar-refractivity contribution in [2.24, 2.45) is 5.92 Å². The average Bonchev–Trinajstić information content (AvgIpc) is 2.45. The Morgan fingerprint density at radius 2 is 1.95 bits per heavy atom.